The van der Waals surface area contributed by atoms with Gasteiger partial charge in [0.2, 0.25) is 0 Å². The summed E-state index contributed by atoms with van der Waals surface area (Å²) in [6.45, 7) is 8.13. The zero-order valence-electron chi connectivity index (χ0n) is 18.7. The molecule has 1 aromatic rings. The third kappa shape index (κ3) is 7.82. The predicted octanol–water partition coefficient (Wildman–Crippen LogP) is 3.95. The summed E-state index contributed by atoms with van der Waals surface area (Å²) in [6, 6.07) is 10.8. The Balaban J connectivity index is 0.00000341. The van der Waals surface area contributed by atoms with Gasteiger partial charge in [-0.25, -0.2) is 4.79 Å². The summed E-state index contributed by atoms with van der Waals surface area (Å²) in [5.41, 5.74) is 1.24. The van der Waals surface area contributed by atoms with Crippen molar-refractivity contribution in [3.8, 4) is 0 Å². The number of guanidine groups is 1. The molecule has 2 aliphatic heterocycles. The number of aliphatic imine (C=N–C) groups is 1. The summed E-state index contributed by atoms with van der Waals surface area (Å²) in [5, 5.41) is 6.93. The molecule has 0 radical (unpaired) electrons. The van der Waals surface area contributed by atoms with Crippen molar-refractivity contribution in [2.24, 2.45) is 10.9 Å². The number of piperidine rings is 1. The molecule has 0 spiro atoms. The van der Waals surface area contributed by atoms with Crippen molar-refractivity contribution in [3.05, 3.63) is 35.9 Å². The molecular weight excluding hydrogens is 507 g/mol. The normalized spacial score (nSPS) is 22.4. The molecule has 3 rings (SSSR count). The zero-order chi connectivity index (χ0) is 21.2. The smallest absolute Gasteiger partial charge is 0.409 e. The van der Waals surface area contributed by atoms with Crippen LogP contribution < -0.4 is 10.6 Å². The van der Waals surface area contributed by atoms with E-state index in [1.165, 1.54) is 5.56 Å². The lowest BCUT2D eigenvalue weighted by Gasteiger charge is -2.33. The molecule has 1 amide bonds. The van der Waals surface area contributed by atoms with Gasteiger partial charge in [-0.05, 0) is 45.1 Å². The Morgan fingerprint density at radius 2 is 1.94 bits per heavy atom. The number of hydrogen-bond acceptors (Lipinski definition) is 4. The Bertz CT molecular complexity index is 681. The monoisotopic (exact) mass is 544 g/mol. The van der Waals surface area contributed by atoms with E-state index in [0.29, 0.717) is 31.7 Å². The SMILES string of the molecule is CCNC(=NCC1CCCOC1c1ccccc1)NC1CCN(C(=O)OCC)CC1.I. The molecule has 0 saturated carbocycles. The lowest BCUT2D eigenvalue weighted by atomic mass is 9.89. The Morgan fingerprint density at radius 1 is 1.19 bits per heavy atom. The van der Waals surface area contributed by atoms with Gasteiger partial charge in [0.1, 0.15) is 0 Å². The highest BCUT2D eigenvalue weighted by Gasteiger charge is 2.28. The van der Waals surface area contributed by atoms with Crippen LogP contribution in [0.1, 0.15) is 51.2 Å². The second-order valence-corrected chi connectivity index (χ2v) is 7.93. The molecule has 7 nitrogen and oxygen atoms in total. The van der Waals surface area contributed by atoms with Crippen molar-refractivity contribution < 1.29 is 14.3 Å². The predicted molar refractivity (Wildman–Crippen MR) is 134 cm³/mol. The van der Waals surface area contributed by atoms with Gasteiger partial charge < -0.3 is 25.0 Å². The molecule has 0 aliphatic carbocycles. The standard InChI is InChI=1S/C23H36N4O3.HI/c1-3-24-22(26-20-12-14-27(15-13-20)23(28)29-4-2)25-17-19-11-8-16-30-21(19)18-9-6-5-7-10-18;/h5-7,9-10,19-21H,3-4,8,11-17H2,1-2H3,(H2,24,25,26);1H. The number of benzene rings is 1. The Labute approximate surface area is 203 Å². The maximum Gasteiger partial charge on any atom is 0.409 e. The molecule has 2 N–H and O–H groups in total. The molecule has 8 heteroatoms. The first-order chi connectivity index (χ1) is 14.7. The second-order valence-electron chi connectivity index (χ2n) is 7.93. The molecule has 0 aromatic heterocycles. The molecule has 2 unspecified atom stereocenters. The minimum absolute atomic E-state index is 0. The van der Waals surface area contributed by atoms with Gasteiger partial charge in [-0.15, -0.1) is 24.0 Å². The van der Waals surface area contributed by atoms with Gasteiger partial charge in [0.25, 0.3) is 0 Å². The van der Waals surface area contributed by atoms with Crippen LogP contribution >= 0.6 is 24.0 Å². The third-order valence-corrected chi connectivity index (χ3v) is 5.76. The summed E-state index contributed by atoms with van der Waals surface area (Å²) in [5.74, 6) is 1.23. The zero-order valence-corrected chi connectivity index (χ0v) is 21.0. The number of likely N-dealkylation sites (tertiary alicyclic amines) is 1. The molecule has 1 aromatic carbocycles. The minimum atomic E-state index is -0.208. The highest BCUT2D eigenvalue weighted by molar-refractivity contribution is 14.0. The number of nitrogens with zero attached hydrogens (tertiary/aromatic N) is 2. The number of nitrogens with one attached hydrogen (secondary N) is 2. The highest BCUT2D eigenvalue weighted by atomic mass is 127. The fourth-order valence-corrected chi connectivity index (χ4v) is 4.18. The number of rotatable bonds is 6. The van der Waals surface area contributed by atoms with Crippen LogP contribution in [0, 0.1) is 5.92 Å². The molecule has 2 heterocycles. The molecule has 2 saturated heterocycles. The van der Waals surface area contributed by atoms with Crippen LogP contribution in [0.2, 0.25) is 0 Å². The summed E-state index contributed by atoms with van der Waals surface area (Å²) < 4.78 is 11.2. The largest absolute Gasteiger partial charge is 0.450 e. The maximum absolute atomic E-state index is 11.9. The summed E-state index contributed by atoms with van der Waals surface area (Å²) in [6.07, 6.45) is 3.89. The number of amides is 1. The number of halogens is 1. The molecular formula is C23H37IN4O3. The molecule has 0 bridgehead atoms. The van der Waals surface area contributed by atoms with Crippen LogP contribution in [0.15, 0.2) is 35.3 Å². The van der Waals surface area contributed by atoms with E-state index in [1.54, 1.807) is 4.90 Å². The van der Waals surface area contributed by atoms with E-state index >= 15 is 0 Å². The van der Waals surface area contributed by atoms with Crippen molar-refractivity contribution in [3.63, 3.8) is 0 Å². The van der Waals surface area contributed by atoms with Gasteiger partial charge in [-0.1, -0.05) is 30.3 Å². The summed E-state index contributed by atoms with van der Waals surface area (Å²) in [7, 11) is 0. The Kier molecular flexibility index (Phi) is 11.4. The number of carbonyl (C=O) groups excluding carboxylic acids is 1. The van der Waals surface area contributed by atoms with Crippen LogP contribution in [0.5, 0.6) is 0 Å². The Hall–Kier alpha value is -1.55. The first-order valence-electron chi connectivity index (χ1n) is 11.3. The lowest BCUT2D eigenvalue weighted by Crippen LogP contribution is -2.50. The van der Waals surface area contributed by atoms with E-state index in [2.05, 4.69) is 41.8 Å². The van der Waals surface area contributed by atoms with Crippen LogP contribution in [-0.4, -0.2) is 62.4 Å². The fraction of sp³-hybridized carbons (Fsp3) is 0.652. The second kappa shape index (κ2) is 13.8. The van der Waals surface area contributed by atoms with E-state index in [4.69, 9.17) is 14.5 Å². The highest BCUT2D eigenvalue weighted by Crippen LogP contribution is 2.33. The summed E-state index contributed by atoms with van der Waals surface area (Å²) >= 11 is 0. The van der Waals surface area contributed by atoms with Crippen LogP contribution in [0.4, 0.5) is 4.79 Å². The van der Waals surface area contributed by atoms with Gasteiger partial charge in [-0.3, -0.25) is 4.99 Å². The van der Waals surface area contributed by atoms with Crippen molar-refractivity contribution in [1.82, 2.24) is 15.5 Å². The van der Waals surface area contributed by atoms with Crippen molar-refractivity contribution >= 4 is 36.0 Å². The topological polar surface area (TPSA) is 75.2 Å². The van der Waals surface area contributed by atoms with Crippen LogP contribution in [-0.2, 0) is 9.47 Å². The van der Waals surface area contributed by atoms with Crippen LogP contribution in [0.3, 0.4) is 0 Å². The fourth-order valence-electron chi connectivity index (χ4n) is 4.18. The first-order valence-corrected chi connectivity index (χ1v) is 11.3. The number of hydrogen-bond donors (Lipinski definition) is 2. The van der Waals surface area contributed by atoms with Gasteiger partial charge in [0, 0.05) is 44.7 Å². The van der Waals surface area contributed by atoms with Gasteiger partial charge in [0.15, 0.2) is 5.96 Å². The molecule has 2 atom stereocenters. The van der Waals surface area contributed by atoms with Crippen molar-refractivity contribution in [2.75, 3.05) is 39.4 Å². The van der Waals surface area contributed by atoms with Gasteiger partial charge >= 0.3 is 6.09 Å². The number of carbonyl (C=O) groups is 1. The third-order valence-electron chi connectivity index (χ3n) is 5.76. The molecule has 2 fully saturated rings. The van der Waals surface area contributed by atoms with Crippen LogP contribution in [0.25, 0.3) is 0 Å². The maximum atomic E-state index is 11.9. The van der Waals surface area contributed by atoms with Crippen molar-refractivity contribution in [2.45, 2.75) is 51.7 Å². The quantitative estimate of drug-likeness (QED) is 0.323. The van der Waals surface area contributed by atoms with Gasteiger partial charge in [-0.2, -0.15) is 0 Å². The van der Waals surface area contributed by atoms with E-state index < -0.39 is 0 Å². The number of ether oxygens (including phenoxy) is 2. The van der Waals surface area contributed by atoms with E-state index in [1.807, 2.05) is 13.0 Å². The molecule has 2 aliphatic rings. The first kappa shape index (κ1) is 25.7. The van der Waals surface area contributed by atoms with E-state index in [0.717, 1.165) is 51.3 Å². The van der Waals surface area contributed by atoms with E-state index in [9.17, 15) is 4.79 Å². The van der Waals surface area contributed by atoms with Gasteiger partial charge in [0.05, 0.1) is 12.7 Å². The Morgan fingerprint density at radius 3 is 2.61 bits per heavy atom. The minimum Gasteiger partial charge on any atom is -0.450 e. The lowest BCUT2D eigenvalue weighted by molar-refractivity contribution is -0.0250. The summed E-state index contributed by atoms with van der Waals surface area (Å²) in [4.78, 5) is 18.6. The molecule has 174 valence electrons. The van der Waals surface area contributed by atoms with E-state index in [-0.39, 0.29) is 36.2 Å². The average Bonchev–Trinajstić information content (AvgIpc) is 2.79. The van der Waals surface area contributed by atoms with Crippen molar-refractivity contribution in [1.29, 1.82) is 0 Å². The average molecular weight is 544 g/mol. The molecule has 31 heavy (non-hydrogen) atoms.